The van der Waals surface area contributed by atoms with Gasteiger partial charge in [0.2, 0.25) is 5.91 Å². The predicted molar refractivity (Wildman–Crippen MR) is 80.5 cm³/mol. The van der Waals surface area contributed by atoms with Crippen LogP contribution in [0.15, 0.2) is 30.6 Å². The first-order chi connectivity index (χ1) is 10.2. The smallest absolute Gasteiger partial charge is 0.219 e. The van der Waals surface area contributed by atoms with Crippen LogP contribution in [0.1, 0.15) is 38.3 Å². The minimum Gasteiger partial charge on any atom is -0.336 e. The molecule has 5 heteroatoms. The van der Waals surface area contributed by atoms with Gasteiger partial charge in [-0.25, -0.2) is 0 Å². The minimum atomic E-state index is 0.148. The fourth-order valence-electron chi connectivity index (χ4n) is 3.09. The summed E-state index contributed by atoms with van der Waals surface area (Å²) in [6, 6.07) is 6.27. The number of likely N-dealkylation sites (tertiary alicyclic amines) is 1. The second-order valence-corrected chi connectivity index (χ2v) is 5.38. The van der Waals surface area contributed by atoms with E-state index in [2.05, 4.69) is 23.1 Å². The Hall–Kier alpha value is -2.17. The van der Waals surface area contributed by atoms with Crippen LogP contribution < -0.4 is 0 Å². The topological polar surface area (TPSA) is 51.0 Å². The molecular weight excluding hydrogens is 264 g/mol. The molecule has 5 nitrogen and oxygen atoms in total. The van der Waals surface area contributed by atoms with Gasteiger partial charge in [0.25, 0.3) is 0 Å². The number of amides is 1. The lowest BCUT2D eigenvalue weighted by Crippen LogP contribution is -2.28. The van der Waals surface area contributed by atoms with Gasteiger partial charge in [0.15, 0.2) is 0 Å². The van der Waals surface area contributed by atoms with Crippen molar-refractivity contribution in [2.75, 3.05) is 6.54 Å². The van der Waals surface area contributed by atoms with Gasteiger partial charge in [0.05, 0.1) is 17.4 Å². The lowest BCUT2D eigenvalue weighted by molar-refractivity contribution is -0.129. The van der Waals surface area contributed by atoms with E-state index in [0.29, 0.717) is 0 Å². The van der Waals surface area contributed by atoms with E-state index in [1.807, 2.05) is 27.9 Å². The SMILES string of the molecule is CCn1nccc1-c1cc(C2CCCN2C(C)=O)ccn1. The minimum absolute atomic E-state index is 0.148. The molecule has 3 rings (SSSR count). The third kappa shape index (κ3) is 2.55. The van der Waals surface area contributed by atoms with Crippen molar-refractivity contribution in [1.29, 1.82) is 0 Å². The van der Waals surface area contributed by atoms with Crippen LogP contribution in [0.4, 0.5) is 0 Å². The Kier molecular flexibility index (Phi) is 3.73. The molecule has 1 atom stereocenters. The maximum Gasteiger partial charge on any atom is 0.219 e. The molecular formula is C16H20N4O. The third-order valence-electron chi connectivity index (χ3n) is 4.10. The van der Waals surface area contributed by atoms with Crippen molar-refractivity contribution in [1.82, 2.24) is 19.7 Å². The maximum absolute atomic E-state index is 11.7. The molecule has 0 radical (unpaired) electrons. The average molecular weight is 284 g/mol. The Bertz CT molecular complexity index is 649. The Balaban J connectivity index is 1.95. The van der Waals surface area contributed by atoms with Gasteiger partial charge in [-0.15, -0.1) is 0 Å². The van der Waals surface area contributed by atoms with Crippen molar-refractivity contribution in [2.45, 2.75) is 39.3 Å². The first kappa shape index (κ1) is 13.8. The number of nitrogens with zero attached hydrogens (tertiary/aromatic N) is 4. The van der Waals surface area contributed by atoms with E-state index in [1.165, 1.54) is 0 Å². The number of carbonyl (C=O) groups is 1. The number of rotatable bonds is 3. The van der Waals surface area contributed by atoms with Crippen LogP contribution in [-0.2, 0) is 11.3 Å². The average Bonchev–Trinajstić information content (AvgIpc) is 3.16. The predicted octanol–water partition coefficient (Wildman–Crippen LogP) is 2.65. The third-order valence-corrected chi connectivity index (χ3v) is 4.10. The van der Waals surface area contributed by atoms with Gasteiger partial charge in [-0.05, 0) is 43.5 Å². The number of aromatic nitrogens is 3. The highest BCUT2D eigenvalue weighted by Crippen LogP contribution is 2.33. The van der Waals surface area contributed by atoms with E-state index in [0.717, 1.165) is 42.9 Å². The Morgan fingerprint density at radius 3 is 3.00 bits per heavy atom. The normalized spacial score (nSPS) is 18.2. The largest absolute Gasteiger partial charge is 0.336 e. The maximum atomic E-state index is 11.7. The molecule has 0 saturated carbocycles. The summed E-state index contributed by atoms with van der Waals surface area (Å²) in [5.74, 6) is 0.148. The lowest BCUT2D eigenvalue weighted by atomic mass is 10.0. The van der Waals surface area contributed by atoms with E-state index in [9.17, 15) is 4.79 Å². The second-order valence-electron chi connectivity index (χ2n) is 5.38. The molecule has 2 aromatic heterocycles. The zero-order valence-corrected chi connectivity index (χ0v) is 12.5. The van der Waals surface area contributed by atoms with E-state index in [-0.39, 0.29) is 11.9 Å². The van der Waals surface area contributed by atoms with Gasteiger partial charge in [-0.1, -0.05) is 0 Å². The van der Waals surface area contributed by atoms with E-state index in [1.54, 1.807) is 13.1 Å². The molecule has 110 valence electrons. The summed E-state index contributed by atoms with van der Waals surface area (Å²) in [5, 5.41) is 4.29. The zero-order chi connectivity index (χ0) is 14.8. The van der Waals surface area contributed by atoms with Gasteiger partial charge in [0, 0.05) is 32.4 Å². The molecule has 0 bridgehead atoms. The molecule has 1 saturated heterocycles. The van der Waals surface area contributed by atoms with Crippen molar-refractivity contribution in [2.24, 2.45) is 0 Å². The summed E-state index contributed by atoms with van der Waals surface area (Å²) in [6.45, 7) is 5.38. The quantitative estimate of drug-likeness (QED) is 0.870. The lowest BCUT2D eigenvalue weighted by Gasteiger charge is -2.23. The monoisotopic (exact) mass is 284 g/mol. The van der Waals surface area contributed by atoms with Gasteiger partial charge >= 0.3 is 0 Å². The van der Waals surface area contributed by atoms with Crippen LogP contribution in [0.2, 0.25) is 0 Å². The molecule has 2 aromatic rings. The molecule has 1 aliphatic rings. The summed E-state index contributed by atoms with van der Waals surface area (Å²) >= 11 is 0. The van der Waals surface area contributed by atoms with Crippen LogP contribution >= 0.6 is 0 Å². The van der Waals surface area contributed by atoms with Crippen molar-refractivity contribution < 1.29 is 4.79 Å². The van der Waals surface area contributed by atoms with Crippen LogP contribution in [0.25, 0.3) is 11.4 Å². The van der Waals surface area contributed by atoms with Crippen LogP contribution in [0.5, 0.6) is 0 Å². The zero-order valence-electron chi connectivity index (χ0n) is 12.5. The molecule has 0 spiro atoms. The molecule has 3 heterocycles. The van der Waals surface area contributed by atoms with E-state index in [4.69, 9.17) is 0 Å². The summed E-state index contributed by atoms with van der Waals surface area (Å²) in [5.41, 5.74) is 3.10. The molecule has 21 heavy (non-hydrogen) atoms. The van der Waals surface area contributed by atoms with Crippen LogP contribution in [-0.4, -0.2) is 32.1 Å². The Labute approximate surface area is 124 Å². The fraction of sp³-hybridized carbons (Fsp3) is 0.438. The first-order valence-corrected chi connectivity index (χ1v) is 7.46. The van der Waals surface area contributed by atoms with Crippen molar-refractivity contribution in [3.63, 3.8) is 0 Å². The summed E-state index contributed by atoms with van der Waals surface area (Å²) in [7, 11) is 0. The molecule has 1 fully saturated rings. The first-order valence-electron chi connectivity index (χ1n) is 7.46. The highest BCUT2D eigenvalue weighted by molar-refractivity contribution is 5.74. The molecule has 0 N–H and O–H groups in total. The fourth-order valence-corrected chi connectivity index (χ4v) is 3.09. The Morgan fingerprint density at radius 2 is 2.24 bits per heavy atom. The second kappa shape index (κ2) is 5.68. The number of pyridine rings is 1. The number of hydrogen-bond acceptors (Lipinski definition) is 3. The van der Waals surface area contributed by atoms with Gasteiger partial charge in [0.1, 0.15) is 0 Å². The van der Waals surface area contributed by atoms with E-state index < -0.39 is 0 Å². The van der Waals surface area contributed by atoms with Crippen LogP contribution in [0, 0.1) is 0 Å². The summed E-state index contributed by atoms with van der Waals surface area (Å²) < 4.78 is 1.93. The van der Waals surface area contributed by atoms with E-state index >= 15 is 0 Å². The van der Waals surface area contributed by atoms with Crippen molar-refractivity contribution in [3.8, 4) is 11.4 Å². The highest BCUT2D eigenvalue weighted by atomic mass is 16.2. The van der Waals surface area contributed by atoms with Gasteiger partial charge in [-0.2, -0.15) is 5.10 Å². The van der Waals surface area contributed by atoms with Crippen molar-refractivity contribution in [3.05, 3.63) is 36.2 Å². The number of carbonyl (C=O) groups excluding carboxylic acids is 1. The standard InChI is InChI=1S/C16H20N4O/c1-3-20-16(7-9-18-20)14-11-13(6-8-17-14)15-5-4-10-19(15)12(2)21/h6-9,11,15H,3-5,10H2,1-2H3. The molecule has 0 aliphatic carbocycles. The highest BCUT2D eigenvalue weighted by Gasteiger charge is 2.28. The number of hydrogen-bond donors (Lipinski definition) is 0. The molecule has 1 aliphatic heterocycles. The number of aryl methyl sites for hydroxylation is 1. The van der Waals surface area contributed by atoms with Gasteiger partial charge < -0.3 is 4.90 Å². The molecule has 1 amide bonds. The summed E-state index contributed by atoms with van der Waals surface area (Å²) in [6.07, 6.45) is 5.71. The van der Waals surface area contributed by atoms with Crippen molar-refractivity contribution >= 4 is 5.91 Å². The summed E-state index contributed by atoms with van der Waals surface area (Å²) in [4.78, 5) is 18.2. The van der Waals surface area contributed by atoms with Crippen LogP contribution in [0.3, 0.4) is 0 Å². The molecule has 0 aromatic carbocycles. The Morgan fingerprint density at radius 1 is 1.38 bits per heavy atom. The molecule has 1 unspecified atom stereocenters. The van der Waals surface area contributed by atoms with Gasteiger partial charge in [-0.3, -0.25) is 14.5 Å².